The van der Waals surface area contributed by atoms with Crippen LogP contribution in [0.3, 0.4) is 0 Å². The van der Waals surface area contributed by atoms with Crippen molar-refractivity contribution in [1.82, 2.24) is 14.5 Å². The number of aromatic nitrogens is 2. The quantitative estimate of drug-likeness (QED) is 0.672. The zero-order valence-electron chi connectivity index (χ0n) is 19.4. The summed E-state index contributed by atoms with van der Waals surface area (Å²) in [6.07, 6.45) is 0. The molecule has 0 spiro atoms. The molecule has 30 heavy (non-hydrogen) atoms. The molecule has 1 fully saturated rings. The Bertz CT molecular complexity index is 936. The maximum atomic E-state index is 12.9. The van der Waals surface area contributed by atoms with Gasteiger partial charge in [0, 0.05) is 19.6 Å². The van der Waals surface area contributed by atoms with Gasteiger partial charge >= 0.3 is 12.6 Å². The van der Waals surface area contributed by atoms with E-state index in [0.717, 1.165) is 49.3 Å². The zero-order valence-corrected chi connectivity index (χ0v) is 19.4. The summed E-state index contributed by atoms with van der Waals surface area (Å²) < 4.78 is 13.5. The molecule has 0 saturated carbocycles. The average molecular weight is 417 g/mol. The van der Waals surface area contributed by atoms with Gasteiger partial charge in [-0.3, -0.25) is 9.47 Å². The topological polar surface area (TPSA) is 79.7 Å². The van der Waals surface area contributed by atoms with Crippen molar-refractivity contribution in [3.63, 3.8) is 0 Å². The van der Waals surface area contributed by atoms with Crippen LogP contribution in [0.5, 0.6) is 0 Å². The fourth-order valence-electron chi connectivity index (χ4n) is 4.01. The van der Waals surface area contributed by atoms with Gasteiger partial charge in [-0.05, 0) is 59.1 Å². The number of hydrogen-bond donors (Lipinski definition) is 2. The van der Waals surface area contributed by atoms with Crippen LogP contribution in [0, 0.1) is 0 Å². The minimum Gasteiger partial charge on any atom is -0.423 e. The molecule has 7 nitrogen and oxygen atoms in total. The van der Waals surface area contributed by atoms with Gasteiger partial charge in [-0.25, -0.2) is 4.79 Å². The number of nitrogens with one attached hydrogen (secondary N) is 1. The summed E-state index contributed by atoms with van der Waals surface area (Å²) in [7, 11) is 0. The van der Waals surface area contributed by atoms with E-state index in [-0.39, 0.29) is 18.1 Å². The SMILES string of the molecule is CB(OC(C)(C)C(C)(C)O)c1ccc2c(c1)[nH]c(=O)n2C(C)(C)CN1CCOCC1. The van der Waals surface area contributed by atoms with Gasteiger partial charge in [-0.15, -0.1) is 0 Å². The van der Waals surface area contributed by atoms with Crippen LogP contribution in [0.25, 0.3) is 11.0 Å². The molecule has 0 bridgehead atoms. The van der Waals surface area contributed by atoms with E-state index >= 15 is 0 Å². The van der Waals surface area contributed by atoms with Crippen molar-refractivity contribution in [1.29, 1.82) is 0 Å². The van der Waals surface area contributed by atoms with Crippen LogP contribution < -0.4 is 11.2 Å². The first-order valence-electron chi connectivity index (χ1n) is 10.8. The Hall–Kier alpha value is -1.61. The highest BCUT2D eigenvalue weighted by atomic mass is 16.5. The minimum absolute atomic E-state index is 0.106. The summed E-state index contributed by atoms with van der Waals surface area (Å²) in [5.74, 6) is 0. The lowest BCUT2D eigenvalue weighted by atomic mass is 9.62. The van der Waals surface area contributed by atoms with E-state index in [9.17, 15) is 9.90 Å². The number of ether oxygens (including phenoxy) is 1. The van der Waals surface area contributed by atoms with Crippen molar-refractivity contribution in [3.8, 4) is 0 Å². The molecule has 1 saturated heterocycles. The fourth-order valence-corrected chi connectivity index (χ4v) is 4.01. The van der Waals surface area contributed by atoms with Crippen LogP contribution in [-0.4, -0.2) is 70.5 Å². The van der Waals surface area contributed by atoms with Crippen molar-refractivity contribution in [2.24, 2.45) is 0 Å². The van der Waals surface area contributed by atoms with Crippen molar-refractivity contribution >= 4 is 23.4 Å². The highest BCUT2D eigenvalue weighted by Crippen LogP contribution is 2.26. The molecule has 1 aromatic carbocycles. The predicted molar refractivity (Wildman–Crippen MR) is 122 cm³/mol. The molecule has 1 aliphatic rings. The van der Waals surface area contributed by atoms with E-state index < -0.39 is 11.2 Å². The molecule has 0 amide bonds. The Kier molecular flexibility index (Phi) is 6.27. The maximum Gasteiger partial charge on any atom is 0.327 e. The second-order valence-electron chi connectivity index (χ2n) is 10.1. The number of nitrogens with zero attached hydrogens (tertiary/aromatic N) is 2. The summed E-state index contributed by atoms with van der Waals surface area (Å²) in [5.41, 5.74) is 0.470. The molecule has 0 unspecified atom stereocenters. The van der Waals surface area contributed by atoms with E-state index in [1.54, 1.807) is 13.8 Å². The molecule has 1 aliphatic heterocycles. The third kappa shape index (κ3) is 4.67. The first-order valence-corrected chi connectivity index (χ1v) is 10.8. The van der Waals surface area contributed by atoms with Crippen molar-refractivity contribution in [3.05, 3.63) is 28.7 Å². The Morgan fingerprint density at radius 1 is 1.17 bits per heavy atom. The highest BCUT2D eigenvalue weighted by Gasteiger charge is 2.38. The molecule has 2 aromatic rings. The van der Waals surface area contributed by atoms with E-state index in [1.165, 1.54) is 0 Å². The number of aliphatic hydroxyl groups is 1. The number of imidazole rings is 1. The normalized spacial score (nSPS) is 16.9. The van der Waals surface area contributed by atoms with Crippen LogP contribution in [0.2, 0.25) is 6.82 Å². The highest BCUT2D eigenvalue weighted by molar-refractivity contribution is 6.66. The third-order valence-electron chi connectivity index (χ3n) is 6.44. The lowest BCUT2D eigenvalue weighted by Crippen LogP contribution is -2.52. The van der Waals surface area contributed by atoms with Gasteiger partial charge in [0.15, 0.2) is 0 Å². The number of benzene rings is 1. The Labute approximate surface area is 179 Å². The monoisotopic (exact) mass is 417 g/mol. The van der Waals surface area contributed by atoms with Gasteiger partial charge in [0.1, 0.15) is 0 Å². The van der Waals surface area contributed by atoms with Crippen LogP contribution in [0.1, 0.15) is 41.5 Å². The number of morpholine rings is 1. The third-order valence-corrected chi connectivity index (χ3v) is 6.44. The van der Waals surface area contributed by atoms with Crippen LogP contribution in [0.15, 0.2) is 23.0 Å². The van der Waals surface area contributed by atoms with E-state index in [2.05, 4.69) is 23.7 Å². The Morgan fingerprint density at radius 2 is 1.80 bits per heavy atom. The van der Waals surface area contributed by atoms with Gasteiger partial charge in [0.25, 0.3) is 0 Å². The zero-order chi connectivity index (χ0) is 22.3. The van der Waals surface area contributed by atoms with E-state index in [4.69, 9.17) is 9.39 Å². The van der Waals surface area contributed by atoms with E-state index in [1.807, 2.05) is 43.4 Å². The molecule has 0 atom stereocenters. The van der Waals surface area contributed by atoms with Crippen LogP contribution in [0.4, 0.5) is 0 Å². The molecule has 8 heteroatoms. The number of hydrogen-bond acceptors (Lipinski definition) is 5. The summed E-state index contributed by atoms with van der Waals surface area (Å²) in [6.45, 7) is 17.2. The number of rotatable bonds is 7. The summed E-state index contributed by atoms with van der Waals surface area (Å²) in [4.78, 5) is 18.2. The molecular formula is C22H36BN3O4. The Balaban J connectivity index is 1.88. The fraction of sp³-hybridized carbons (Fsp3) is 0.682. The molecule has 1 aromatic heterocycles. The smallest absolute Gasteiger partial charge is 0.327 e. The summed E-state index contributed by atoms with van der Waals surface area (Å²) in [5, 5.41) is 10.4. The first-order chi connectivity index (χ1) is 13.8. The van der Waals surface area contributed by atoms with Gasteiger partial charge in [-0.1, -0.05) is 12.9 Å². The molecule has 3 rings (SSSR count). The van der Waals surface area contributed by atoms with Crippen molar-refractivity contribution in [2.75, 3.05) is 32.8 Å². The standard InChI is InChI=1S/C22H36BN3O4/c1-20(2,15-25-10-12-29-13-11-25)26-18-9-8-16(14-17(18)24-19(26)27)23(7)30-22(5,6)21(3,4)28/h8-9,14,28H,10-13,15H2,1-7H3,(H,24,27). The predicted octanol–water partition coefficient (Wildman–Crippen LogP) is 1.79. The summed E-state index contributed by atoms with van der Waals surface area (Å²) >= 11 is 0. The van der Waals surface area contributed by atoms with Gasteiger partial charge in [-0.2, -0.15) is 0 Å². The van der Waals surface area contributed by atoms with E-state index in [0.29, 0.717) is 0 Å². The lowest BCUT2D eigenvalue weighted by Gasteiger charge is -2.39. The van der Waals surface area contributed by atoms with Crippen molar-refractivity contribution < 1.29 is 14.5 Å². The number of fused-ring (bicyclic) bond motifs is 1. The number of aromatic amines is 1. The first kappa shape index (κ1) is 23.1. The average Bonchev–Trinajstić information content (AvgIpc) is 2.96. The van der Waals surface area contributed by atoms with Crippen molar-refractivity contribution in [2.45, 2.75) is 65.1 Å². The second kappa shape index (κ2) is 8.15. The maximum absolute atomic E-state index is 12.9. The molecular weight excluding hydrogens is 381 g/mol. The molecule has 166 valence electrons. The minimum atomic E-state index is -0.980. The number of H-pyrrole nitrogens is 1. The van der Waals surface area contributed by atoms with Gasteiger partial charge < -0.3 is 19.5 Å². The molecule has 0 radical (unpaired) electrons. The van der Waals surface area contributed by atoms with Gasteiger partial charge in [0.05, 0.1) is 41.0 Å². The second-order valence-corrected chi connectivity index (χ2v) is 10.1. The molecule has 0 aliphatic carbocycles. The lowest BCUT2D eigenvalue weighted by molar-refractivity contribution is -0.0918. The van der Waals surface area contributed by atoms with Crippen LogP contribution in [-0.2, 0) is 14.9 Å². The van der Waals surface area contributed by atoms with Crippen LogP contribution >= 0.6 is 0 Å². The molecule has 2 N–H and O–H groups in total. The Morgan fingerprint density at radius 3 is 2.40 bits per heavy atom. The van der Waals surface area contributed by atoms with Gasteiger partial charge in [0.2, 0.25) is 0 Å². The summed E-state index contributed by atoms with van der Waals surface area (Å²) in [6, 6.07) is 5.96. The largest absolute Gasteiger partial charge is 0.423 e. The molecule has 2 heterocycles.